The Kier molecular flexibility index (Phi) is 3.47. The number of allylic oxidation sites excluding steroid dienone is 2. The molecule has 3 fully saturated rings. The van der Waals surface area contributed by atoms with E-state index >= 15 is 0 Å². The summed E-state index contributed by atoms with van der Waals surface area (Å²) in [5, 5.41) is 0. The lowest BCUT2D eigenvalue weighted by Crippen LogP contribution is -2.52. The lowest BCUT2D eigenvalue weighted by Gasteiger charge is -2.58. The second-order valence-corrected chi connectivity index (χ2v) is 9.04. The largest absolute Gasteiger partial charge is 0.371 e. The average molecular weight is 300 g/mol. The van der Waals surface area contributed by atoms with Crippen molar-refractivity contribution in [1.82, 2.24) is 4.90 Å². The number of hydrogen-bond donors (Lipinski definition) is 0. The predicted molar refractivity (Wildman–Crippen MR) is 93.5 cm³/mol. The van der Waals surface area contributed by atoms with Crippen molar-refractivity contribution in [2.24, 2.45) is 28.6 Å². The third kappa shape index (κ3) is 1.96. The molecule has 3 aliphatic carbocycles. The molecule has 4 rings (SSSR count). The molecule has 0 radical (unpaired) electrons. The number of nitrogens with zero attached hydrogens (tertiary/aromatic N) is 1. The van der Waals surface area contributed by atoms with Crippen LogP contribution < -0.4 is 0 Å². The normalized spacial score (nSPS) is 47.3. The number of piperidine rings is 1. The topological polar surface area (TPSA) is 3.24 Å². The minimum absolute atomic E-state index is 0.452. The minimum atomic E-state index is 0.452. The summed E-state index contributed by atoms with van der Waals surface area (Å²) in [6.45, 7) is 11.5. The maximum Gasteiger partial charge on any atom is 0.0354 e. The molecule has 0 aromatic rings. The molecule has 0 bridgehead atoms. The van der Waals surface area contributed by atoms with Crippen LogP contribution in [0, 0.1) is 28.6 Å². The lowest BCUT2D eigenvalue weighted by atomic mass is 9.50. The molecular weight excluding hydrogens is 266 g/mol. The minimum Gasteiger partial charge on any atom is -0.371 e. The highest BCUT2D eigenvalue weighted by Crippen LogP contribution is 2.64. The van der Waals surface area contributed by atoms with Gasteiger partial charge in [0.2, 0.25) is 0 Å². The van der Waals surface area contributed by atoms with Crippen LogP contribution in [0.25, 0.3) is 0 Å². The van der Waals surface area contributed by atoms with Crippen LogP contribution in [-0.4, -0.2) is 18.0 Å². The maximum atomic E-state index is 3.98. The Bertz CT molecular complexity index is 492. The van der Waals surface area contributed by atoms with Crippen molar-refractivity contribution in [3.63, 3.8) is 0 Å². The van der Waals surface area contributed by atoms with Crippen LogP contribution in [0.5, 0.6) is 0 Å². The molecule has 1 saturated heterocycles. The second kappa shape index (κ2) is 5.14. The van der Waals surface area contributed by atoms with Crippen molar-refractivity contribution in [2.75, 3.05) is 13.1 Å². The van der Waals surface area contributed by atoms with E-state index < -0.39 is 0 Å². The predicted octanol–water partition coefficient (Wildman–Crippen LogP) is 5.39. The van der Waals surface area contributed by atoms with E-state index in [1.807, 2.05) is 0 Å². The SMILES string of the molecule is C=CCN1CCC[C@@]2(C)C1=CC[C@H]1[C@@H]3CCC[C@@]3(C)CC[C@@H]12. The Labute approximate surface area is 136 Å². The Morgan fingerprint density at radius 2 is 2.05 bits per heavy atom. The Balaban J connectivity index is 1.68. The zero-order valence-corrected chi connectivity index (χ0v) is 14.6. The van der Waals surface area contributed by atoms with E-state index in [2.05, 4.69) is 37.5 Å². The first-order chi connectivity index (χ1) is 10.6. The van der Waals surface area contributed by atoms with Gasteiger partial charge in [-0.2, -0.15) is 0 Å². The highest BCUT2D eigenvalue weighted by atomic mass is 15.2. The van der Waals surface area contributed by atoms with Crippen molar-refractivity contribution in [1.29, 1.82) is 0 Å². The average Bonchev–Trinajstić information content (AvgIpc) is 2.89. The Hall–Kier alpha value is -0.720. The highest BCUT2D eigenvalue weighted by Gasteiger charge is 2.56. The van der Waals surface area contributed by atoms with Gasteiger partial charge in [0.25, 0.3) is 0 Å². The zero-order valence-electron chi connectivity index (χ0n) is 14.6. The fourth-order valence-corrected chi connectivity index (χ4v) is 6.98. The summed E-state index contributed by atoms with van der Waals surface area (Å²) >= 11 is 0. The Morgan fingerprint density at radius 3 is 2.86 bits per heavy atom. The van der Waals surface area contributed by atoms with Gasteiger partial charge in [-0.05, 0) is 68.1 Å². The second-order valence-electron chi connectivity index (χ2n) is 9.04. The lowest BCUT2D eigenvalue weighted by molar-refractivity contribution is -0.0396. The number of fused-ring (bicyclic) bond motifs is 5. The number of hydrogen-bond acceptors (Lipinski definition) is 1. The van der Waals surface area contributed by atoms with E-state index in [9.17, 15) is 0 Å². The molecule has 1 heteroatoms. The molecule has 4 aliphatic rings. The van der Waals surface area contributed by atoms with Crippen LogP contribution in [0.4, 0.5) is 0 Å². The van der Waals surface area contributed by atoms with Gasteiger partial charge < -0.3 is 4.90 Å². The molecule has 2 saturated carbocycles. The smallest absolute Gasteiger partial charge is 0.0354 e. The molecule has 1 heterocycles. The third-order valence-corrected chi connectivity index (χ3v) is 8.02. The molecule has 0 N–H and O–H groups in total. The molecule has 1 nitrogen and oxygen atoms in total. The first-order valence-corrected chi connectivity index (χ1v) is 9.65. The molecule has 1 aliphatic heterocycles. The van der Waals surface area contributed by atoms with Crippen LogP contribution in [0.2, 0.25) is 0 Å². The van der Waals surface area contributed by atoms with E-state index in [1.165, 1.54) is 57.9 Å². The van der Waals surface area contributed by atoms with E-state index in [0.29, 0.717) is 10.8 Å². The van der Waals surface area contributed by atoms with Gasteiger partial charge in [0.1, 0.15) is 0 Å². The quantitative estimate of drug-likeness (QED) is 0.617. The van der Waals surface area contributed by atoms with Gasteiger partial charge in [0, 0.05) is 24.2 Å². The summed E-state index contributed by atoms with van der Waals surface area (Å²) in [5.74, 6) is 2.92. The summed E-state index contributed by atoms with van der Waals surface area (Å²) < 4.78 is 0. The molecule has 0 aromatic heterocycles. The van der Waals surface area contributed by atoms with Gasteiger partial charge in [0.15, 0.2) is 0 Å². The number of likely N-dealkylation sites (tertiary alicyclic amines) is 1. The molecule has 122 valence electrons. The van der Waals surface area contributed by atoms with Crippen molar-refractivity contribution >= 4 is 0 Å². The van der Waals surface area contributed by atoms with E-state index in [-0.39, 0.29) is 0 Å². The molecule has 0 unspecified atom stereocenters. The summed E-state index contributed by atoms with van der Waals surface area (Å²) in [6, 6.07) is 0. The molecule has 22 heavy (non-hydrogen) atoms. The van der Waals surface area contributed by atoms with Crippen molar-refractivity contribution in [2.45, 2.75) is 65.2 Å². The first-order valence-electron chi connectivity index (χ1n) is 9.65. The van der Waals surface area contributed by atoms with E-state index in [0.717, 1.165) is 24.3 Å². The molecule has 0 amide bonds. The van der Waals surface area contributed by atoms with Crippen LogP contribution in [0.15, 0.2) is 24.4 Å². The fraction of sp³-hybridized carbons (Fsp3) is 0.810. The van der Waals surface area contributed by atoms with Crippen molar-refractivity contribution < 1.29 is 0 Å². The molecule has 5 atom stereocenters. The molecule has 0 spiro atoms. The zero-order chi connectivity index (χ0) is 15.4. The monoisotopic (exact) mass is 299 g/mol. The van der Waals surface area contributed by atoms with Crippen LogP contribution >= 0.6 is 0 Å². The summed E-state index contributed by atoms with van der Waals surface area (Å²) in [5.41, 5.74) is 2.81. The van der Waals surface area contributed by atoms with Gasteiger partial charge in [-0.15, -0.1) is 6.58 Å². The van der Waals surface area contributed by atoms with Crippen molar-refractivity contribution in [3.05, 3.63) is 24.4 Å². The van der Waals surface area contributed by atoms with Crippen LogP contribution in [-0.2, 0) is 0 Å². The van der Waals surface area contributed by atoms with E-state index in [1.54, 1.807) is 5.70 Å². The van der Waals surface area contributed by atoms with Crippen LogP contribution in [0.1, 0.15) is 65.2 Å². The first kappa shape index (κ1) is 14.8. The Morgan fingerprint density at radius 1 is 1.18 bits per heavy atom. The molecular formula is C21H33N. The van der Waals surface area contributed by atoms with Gasteiger partial charge in [0.05, 0.1) is 0 Å². The standard InChI is InChI=1S/C21H33N/c1-4-14-22-15-6-12-21(3)18-10-13-20(2)11-5-7-17(20)16(18)8-9-19(21)22/h4,9,16-18H,1,5-8,10-15H2,2-3H3/t16-,17-,18-,20-,21+/m0/s1. The van der Waals surface area contributed by atoms with E-state index in [4.69, 9.17) is 0 Å². The molecule has 0 aromatic carbocycles. The van der Waals surface area contributed by atoms with Gasteiger partial charge in [-0.1, -0.05) is 32.4 Å². The highest BCUT2D eigenvalue weighted by molar-refractivity contribution is 5.24. The van der Waals surface area contributed by atoms with Gasteiger partial charge in [-0.25, -0.2) is 0 Å². The summed E-state index contributed by atoms with van der Waals surface area (Å²) in [6.07, 6.45) is 16.3. The summed E-state index contributed by atoms with van der Waals surface area (Å²) in [7, 11) is 0. The summed E-state index contributed by atoms with van der Waals surface area (Å²) in [4.78, 5) is 2.63. The van der Waals surface area contributed by atoms with Crippen LogP contribution in [0.3, 0.4) is 0 Å². The van der Waals surface area contributed by atoms with Gasteiger partial charge in [-0.3, -0.25) is 0 Å². The maximum absolute atomic E-state index is 3.98. The third-order valence-electron chi connectivity index (χ3n) is 8.02. The number of rotatable bonds is 2. The fourth-order valence-electron chi connectivity index (χ4n) is 6.98. The van der Waals surface area contributed by atoms with Crippen molar-refractivity contribution in [3.8, 4) is 0 Å². The van der Waals surface area contributed by atoms with Gasteiger partial charge >= 0.3 is 0 Å².